The topological polar surface area (TPSA) is 107 Å². The van der Waals surface area contributed by atoms with E-state index in [0.717, 1.165) is 11.1 Å². The number of nitrogens with zero attached hydrogens (tertiary/aromatic N) is 3. The van der Waals surface area contributed by atoms with Crippen molar-refractivity contribution in [2.24, 2.45) is 0 Å². The summed E-state index contributed by atoms with van der Waals surface area (Å²) < 4.78 is 16.6. The zero-order valence-electron chi connectivity index (χ0n) is 19.3. The Labute approximate surface area is 212 Å². The summed E-state index contributed by atoms with van der Waals surface area (Å²) in [5.74, 6) is 1.43. The number of hydrogen-bond donors (Lipinski definition) is 1. The van der Waals surface area contributed by atoms with Crippen molar-refractivity contribution < 1.29 is 14.2 Å². The number of pyridine rings is 2. The lowest BCUT2D eigenvalue weighted by atomic mass is 10.0. The van der Waals surface area contributed by atoms with Crippen molar-refractivity contribution in [2.75, 3.05) is 19.5 Å². The molecule has 178 valence electrons. The molecule has 5 aromatic rings. The van der Waals surface area contributed by atoms with Gasteiger partial charge in [-0.1, -0.05) is 35.9 Å². The number of para-hydroxylation sites is 1. The molecule has 7 nitrogen and oxygen atoms in total. The number of nitrogens with two attached hydrogens (primary N) is 1. The molecular formula is C28H21ClN4O3. The van der Waals surface area contributed by atoms with Crippen molar-refractivity contribution in [3.8, 4) is 23.4 Å². The van der Waals surface area contributed by atoms with Crippen molar-refractivity contribution in [1.82, 2.24) is 9.97 Å². The highest BCUT2D eigenvalue weighted by molar-refractivity contribution is 6.33. The molecule has 1 atom stereocenters. The molecule has 0 saturated carbocycles. The molecule has 2 N–H and O–H groups in total. The second-order valence-corrected chi connectivity index (χ2v) is 8.44. The first-order valence-corrected chi connectivity index (χ1v) is 11.5. The van der Waals surface area contributed by atoms with Crippen LogP contribution in [0.5, 0.6) is 17.4 Å². The Kier molecular flexibility index (Phi) is 6.54. The van der Waals surface area contributed by atoms with E-state index in [9.17, 15) is 5.26 Å². The van der Waals surface area contributed by atoms with Crippen LogP contribution in [0.25, 0.3) is 21.8 Å². The average molecular weight is 497 g/mol. The van der Waals surface area contributed by atoms with Gasteiger partial charge < -0.3 is 19.9 Å². The van der Waals surface area contributed by atoms with Crippen LogP contribution in [-0.4, -0.2) is 23.7 Å². The van der Waals surface area contributed by atoms with E-state index in [1.807, 2.05) is 36.5 Å². The number of nitrogen functional groups attached to an aromatic ring is 1. The summed E-state index contributed by atoms with van der Waals surface area (Å²) in [5, 5.41) is 11.8. The van der Waals surface area contributed by atoms with Gasteiger partial charge in [0.15, 0.2) is 0 Å². The number of rotatable bonds is 4. The molecule has 3 aromatic carbocycles. The number of anilines is 1. The number of fused-ring (bicyclic) bond motifs is 2. The fourth-order valence-electron chi connectivity index (χ4n) is 3.73. The number of methoxy groups -OCH3 is 1. The first-order chi connectivity index (χ1) is 17.6. The van der Waals surface area contributed by atoms with Gasteiger partial charge in [-0.15, -0.1) is 0 Å². The minimum Gasteiger partial charge on any atom is -0.481 e. The monoisotopic (exact) mass is 496 g/mol. The van der Waals surface area contributed by atoms with Gasteiger partial charge in [-0.25, -0.2) is 4.98 Å². The van der Waals surface area contributed by atoms with E-state index in [1.54, 1.807) is 30.3 Å². The highest BCUT2D eigenvalue weighted by Crippen LogP contribution is 2.39. The third kappa shape index (κ3) is 5.01. The number of aromatic nitrogens is 2. The molecule has 8 heteroatoms. The Bertz CT molecular complexity index is 1550. The maximum Gasteiger partial charge on any atom is 0.217 e. The van der Waals surface area contributed by atoms with E-state index in [0.29, 0.717) is 51.2 Å². The Balaban J connectivity index is 0.000000222. The maximum absolute atomic E-state index is 9.48. The minimum absolute atomic E-state index is 0.0534. The number of benzene rings is 3. The quantitative estimate of drug-likeness (QED) is 0.225. The molecule has 0 aliphatic carbocycles. The highest BCUT2D eigenvalue weighted by Gasteiger charge is 2.28. The molecule has 1 fully saturated rings. The summed E-state index contributed by atoms with van der Waals surface area (Å²) in [6.45, 7) is 0.609. The van der Waals surface area contributed by atoms with E-state index in [-0.39, 0.29) is 6.10 Å². The van der Waals surface area contributed by atoms with Gasteiger partial charge in [0.1, 0.15) is 17.6 Å². The molecule has 1 aliphatic rings. The summed E-state index contributed by atoms with van der Waals surface area (Å²) >= 11 is 6.07. The molecule has 36 heavy (non-hydrogen) atoms. The molecule has 0 radical (unpaired) electrons. The molecule has 0 unspecified atom stereocenters. The Morgan fingerprint density at radius 1 is 1.06 bits per heavy atom. The molecule has 2 aromatic heterocycles. The predicted octanol–water partition coefficient (Wildman–Crippen LogP) is 6.45. The molecule has 0 spiro atoms. The van der Waals surface area contributed by atoms with Gasteiger partial charge in [-0.2, -0.15) is 5.26 Å². The second-order valence-electron chi connectivity index (χ2n) is 8.03. The van der Waals surface area contributed by atoms with Crippen molar-refractivity contribution >= 4 is 39.1 Å². The first-order valence-electron chi connectivity index (χ1n) is 11.1. The Hall–Kier alpha value is -4.38. The zero-order valence-corrected chi connectivity index (χ0v) is 20.1. The summed E-state index contributed by atoms with van der Waals surface area (Å²) in [6, 6.07) is 24.6. The smallest absolute Gasteiger partial charge is 0.217 e. The van der Waals surface area contributed by atoms with Gasteiger partial charge in [-0.05, 0) is 36.4 Å². The summed E-state index contributed by atoms with van der Waals surface area (Å²) in [7, 11) is 1.53. The number of hydrogen-bond acceptors (Lipinski definition) is 7. The van der Waals surface area contributed by atoms with Crippen molar-refractivity contribution in [1.29, 1.82) is 5.26 Å². The summed E-state index contributed by atoms with van der Waals surface area (Å²) in [6.07, 6.45) is 1.75. The molecule has 0 amide bonds. The lowest BCUT2D eigenvalue weighted by Gasteiger charge is -2.13. The van der Waals surface area contributed by atoms with Gasteiger partial charge in [0.25, 0.3) is 0 Å². The maximum atomic E-state index is 9.48. The predicted molar refractivity (Wildman–Crippen MR) is 139 cm³/mol. The number of halogens is 1. The largest absolute Gasteiger partial charge is 0.481 e. The van der Waals surface area contributed by atoms with Gasteiger partial charge in [0.05, 0.1) is 47.1 Å². The van der Waals surface area contributed by atoms with Crippen molar-refractivity contribution in [3.63, 3.8) is 0 Å². The second kappa shape index (κ2) is 10.1. The van der Waals surface area contributed by atoms with Crippen LogP contribution in [0.15, 0.2) is 79.0 Å². The number of nitriles is 1. The molecule has 0 bridgehead atoms. The normalized spacial score (nSPS) is 14.0. The Morgan fingerprint density at radius 2 is 1.86 bits per heavy atom. The number of ether oxygens (including phenoxy) is 3. The third-order valence-corrected chi connectivity index (χ3v) is 5.97. The van der Waals surface area contributed by atoms with E-state index < -0.39 is 0 Å². The van der Waals surface area contributed by atoms with Crippen molar-refractivity contribution in [2.45, 2.75) is 6.10 Å². The minimum atomic E-state index is -0.0534. The van der Waals surface area contributed by atoms with Gasteiger partial charge in [0.2, 0.25) is 5.88 Å². The van der Waals surface area contributed by atoms with Crippen molar-refractivity contribution in [3.05, 3.63) is 95.1 Å². The zero-order chi connectivity index (χ0) is 25.1. The molecule has 1 aliphatic heterocycles. The fraction of sp³-hybridized carbons (Fsp3) is 0.107. The van der Waals surface area contributed by atoms with Gasteiger partial charge in [0, 0.05) is 34.7 Å². The molecule has 1 saturated heterocycles. The SMILES string of the molecule is COc1cc(Oc2ccc(N)c(Cl)c2)c2cc(C#N)c([C@@H]3CO3)cc2n1.c1ccc2ncccc2c1. The lowest BCUT2D eigenvalue weighted by molar-refractivity contribution is 0.395. The lowest BCUT2D eigenvalue weighted by Crippen LogP contribution is -1.96. The van der Waals surface area contributed by atoms with E-state index in [2.05, 4.69) is 28.2 Å². The Morgan fingerprint density at radius 3 is 2.58 bits per heavy atom. The molecular weight excluding hydrogens is 476 g/mol. The number of epoxide rings is 1. The molecule has 3 heterocycles. The van der Waals surface area contributed by atoms with Crippen LogP contribution < -0.4 is 15.2 Å². The summed E-state index contributed by atoms with van der Waals surface area (Å²) in [4.78, 5) is 8.64. The molecule has 6 rings (SSSR count). The summed E-state index contributed by atoms with van der Waals surface area (Å²) in [5.41, 5.74) is 9.28. The van der Waals surface area contributed by atoms with E-state index in [1.165, 1.54) is 12.5 Å². The van der Waals surface area contributed by atoms with Crippen LogP contribution in [0, 0.1) is 11.3 Å². The van der Waals surface area contributed by atoms with Gasteiger partial charge >= 0.3 is 0 Å². The van der Waals surface area contributed by atoms with Crippen LogP contribution in [0.4, 0.5) is 5.69 Å². The third-order valence-electron chi connectivity index (χ3n) is 5.64. The first kappa shape index (κ1) is 23.4. The van der Waals surface area contributed by atoms with Gasteiger partial charge in [-0.3, -0.25) is 4.98 Å². The van der Waals surface area contributed by atoms with E-state index in [4.69, 9.17) is 31.5 Å². The van der Waals surface area contributed by atoms with Crippen LogP contribution in [-0.2, 0) is 4.74 Å². The van der Waals surface area contributed by atoms with Crippen LogP contribution in [0.1, 0.15) is 17.2 Å². The van der Waals surface area contributed by atoms with Crippen LogP contribution in [0.3, 0.4) is 0 Å². The average Bonchev–Trinajstić information content (AvgIpc) is 3.76. The van der Waals surface area contributed by atoms with Crippen LogP contribution in [0.2, 0.25) is 5.02 Å². The fourth-order valence-corrected chi connectivity index (χ4v) is 3.90. The van der Waals surface area contributed by atoms with Crippen LogP contribution >= 0.6 is 11.6 Å². The van der Waals surface area contributed by atoms with E-state index >= 15 is 0 Å². The highest BCUT2D eigenvalue weighted by atomic mass is 35.5. The standard InChI is InChI=1S/C19H14ClN3O3.C9H7N/c1-24-19-7-17(26-11-2-3-15(22)14(20)5-11)13-4-10(8-21)12(18-9-25-18)6-16(13)23-19;1-2-6-9-8(4-1)5-3-7-10-9/h2-7,18H,9,22H2,1H3;1-7H/t18-;/m0./s1.